The quantitative estimate of drug-likeness (QED) is 0.637. The van der Waals surface area contributed by atoms with Gasteiger partial charge in [-0.3, -0.25) is 0 Å². The van der Waals surface area contributed by atoms with Crippen LogP contribution >= 0.6 is 0 Å². The van der Waals surface area contributed by atoms with Gasteiger partial charge in [-0.2, -0.15) is 0 Å². The van der Waals surface area contributed by atoms with Crippen molar-refractivity contribution in [1.29, 1.82) is 0 Å². The average molecular weight is 233 g/mol. The van der Waals surface area contributed by atoms with Crippen molar-refractivity contribution < 1.29 is 4.74 Å². The minimum Gasteiger partial charge on any atom is -0.366 e. The molecule has 17 heavy (non-hydrogen) atoms. The van der Waals surface area contributed by atoms with E-state index >= 15 is 0 Å². The van der Waals surface area contributed by atoms with Crippen LogP contribution < -0.4 is 4.90 Å². The second kappa shape index (κ2) is 3.74. The van der Waals surface area contributed by atoms with E-state index in [1.807, 2.05) is 13.8 Å². The van der Waals surface area contributed by atoms with Gasteiger partial charge in [0.2, 0.25) is 0 Å². The second-order valence-electron chi connectivity index (χ2n) is 5.33. The van der Waals surface area contributed by atoms with Crippen molar-refractivity contribution >= 4 is 5.69 Å². The van der Waals surface area contributed by atoms with E-state index in [1.54, 1.807) is 0 Å². The Hall–Kier alpha value is -1.02. The van der Waals surface area contributed by atoms with Crippen molar-refractivity contribution in [1.82, 2.24) is 0 Å². The summed E-state index contributed by atoms with van der Waals surface area (Å²) in [7, 11) is 2.15. The van der Waals surface area contributed by atoms with Crippen LogP contribution in [0.4, 0.5) is 5.69 Å². The molecule has 2 nitrogen and oxygen atoms in total. The highest BCUT2D eigenvalue weighted by molar-refractivity contribution is 5.63. The first-order valence-corrected chi connectivity index (χ1v) is 6.49. The van der Waals surface area contributed by atoms with Crippen LogP contribution in [0, 0.1) is 0 Å². The number of ether oxygens (including phenoxy) is 1. The summed E-state index contributed by atoms with van der Waals surface area (Å²) in [5.41, 5.74) is 2.67. The molecule has 2 unspecified atom stereocenters. The van der Waals surface area contributed by atoms with Gasteiger partial charge < -0.3 is 9.64 Å². The van der Waals surface area contributed by atoms with Gasteiger partial charge in [0.15, 0.2) is 0 Å². The predicted octanol–water partition coefficient (Wildman–Crippen LogP) is 3.56. The van der Waals surface area contributed by atoms with Crippen LogP contribution in [0.2, 0.25) is 0 Å². The first kappa shape index (κ1) is 12.4. The number of likely N-dealkylation sites (N-methyl/N-ethyl adjacent to an activating group) is 1. The molecule has 0 bridgehead atoms. The Morgan fingerprint density at radius 2 is 1.71 bits per heavy atom. The van der Waals surface area contributed by atoms with E-state index < -0.39 is 0 Å². The molecule has 0 spiro atoms. The SMILES string of the molecule is CC.CN1c2ccccc2C2(C)OC2C1(C)C. The Bertz CT molecular complexity index is 427. The number of fused-ring (bicyclic) bond motifs is 3. The lowest BCUT2D eigenvalue weighted by atomic mass is 9.80. The molecule has 2 heteroatoms. The van der Waals surface area contributed by atoms with Crippen molar-refractivity contribution in [3.8, 4) is 0 Å². The summed E-state index contributed by atoms with van der Waals surface area (Å²) in [5.74, 6) is 0. The van der Waals surface area contributed by atoms with Crippen molar-refractivity contribution in [3.63, 3.8) is 0 Å². The third-order valence-corrected chi connectivity index (χ3v) is 4.11. The number of benzene rings is 1. The van der Waals surface area contributed by atoms with E-state index in [9.17, 15) is 0 Å². The molecule has 2 aliphatic rings. The van der Waals surface area contributed by atoms with Crippen molar-refractivity contribution in [2.24, 2.45) is 0 Å². The molecule has 94 valence electrons. The zero-order valence-corrected chi connectivity index (χ0v) is 11.7. The van der Waals surface area contributed by atoms with Crippen LogP contribution in [0.3, 0.4) is 0 Å². The molecular formula is C15H23NO. The fraction of sp³-hybridized carbons (Fsp3) is 0.600. The van der Waals surface area contributed by atoms with Crippen LogP contribution in [0.5, 0.6) is 0 Å². The molecule has 0 aromatic heterocycles. The topological polar surface area (TPSA) is 15.8 Å². The largest absolute Gasteiger partial charge is 0.366 e. The van der Waals surface area contributed by atoms with Gasteiger partial charge in [0, 0.05) is 18.3 Å². The number of para-hydroxylation sites is 1. The maximum atomic E-state index is 5.94. The van der Waals surface area contributed by atoms with Gasteiger partial charge in [-0.1, -0.05) is 32.0 Å². The Kier molecular flexibility index (Phi) is 2.74. The third kappa shape index (κ3) is 1.50. The molecule has 2 aliphatic heterocycles. The molecule has 1 saturated heterocycles. The van der Waals surface area contributed by atoms with Crippen LogP contribution in [-0.2, 0) is 10.3 Å². The monoisotopic (exact) mass is 233 g/mol. The van der Waals surface area contributed by atoms with Gasteiger partial charge >= 0.3 is 0 Å². The summed E-state index contributed by atoms with van der Waals surface area (Å²) >= 11 is 0. The maximum Gasteiger partial charge on any atom is 0.121 e. The van der Waals surface area contributed by atoms with Crippen LogP contribution in [0.15, 0.2) is 24.3 Å². The summed E-state index contributed by atoms with van der Waals surface area (Å²) in [6.07, 6.45) is 0.324. The molecule has 1 aromatic carbocycles. The van der Waals surface area contributed by atoms with Gasteiger partial charge in [0.25, 0.3) is 0 Å². The molecule has 0 saturated carbocycles. The zero-order chi connectivity index (χ0) is 12.8. The van der Waals surface area contributed by atoms with E-state index in [4.69, 9.17) is 4.74 Å². The number of hydrogen-bond acceptors (Lipinski definition) is 2. The van der Waals surface area contributed by atoms with E-state index in [-0.39, 0.29) is 11.1 Å². The lowest BCUT2D eigenvalue weighted by Gasteiger charge is -2.42. The van der Waals surface area contributed by atoms with E-state index in [0.717, 1.165) is 0 Å². The molecule has 0 radical (unpaired) electrons. The van der Waals surface area contributed by atoms with Gasteiger partial charge in [0.05, 0.1) is 5.54 Å². The van der Waals surface area contributed by atoms with Gasteiger partial charge in [-0.15, -0.1) is 0 Å². The van der Waals surface area contributed by atoms with Gasteiger partial charge in [-0.25, -0.2) is 0 Å². The Balaban J connectivity index is 0.000000514. The molecule has 0 aliphatic carbocycles. The number of hydrogen-bond donors (Lipinski definition) is 0. The molecule has 0 N–H and O–H groups in total. The molecule has 2 heterocycles. The summed E-state index contributed by atoms with van der Waals surface area (Å²) in [6, 6.07) is 8.55. The Labute approximate surface area is 105 Å². The maximum absolute atomic E-state index is 5.94. The normalized spacial score (nSPS) is 31.9. The summed E-state index contributed by atoms with van der Waals surface area (Å²) in [5, 5.41) is 0. The number of epoxide rings is 1. The van der Waals surface area contributed by atoms with Crippen molar-refractivity contribution in [2.75, 3.05) is 11.9 Å². The Morgan fingerprint density at radius 1 is 1.12 bits per heavy atom. The van der Waals surface area contributed by atoms with Crippen LogP contribution in [0.25, 0.3) is 0 Å². The van der Waals surface area contributed by atoms with Crippen molar-refractivity contribution in [2.45, 2.75) is 51.9 Å². The first-order chi connectivity index (χ1) is 7.98. The van der Waals surface area contributed by atoms with Crippen LogP contribution in [-0.4, -0.2) is 18.7 Å². The fourth-order valence-electron chi connectivity index (χ4n) is 2.91. The number of nitrogens with zero attached hydrogens (tertiary/aromatic N) is 1. The highest BCUT2D eigenvalue weighted by atomic mass is 16.6. The fourth-order valence-corrected chi connectivity index (χ4v) is 2.91. The lowest BCUT2D eigenvalue weighted by Crippen LogP contribution is -2.51. The Morgan fingerprint density at radius 3 is 2.35 bits per heavy atom. The number of anilines is 1. The van der Waals surface area contributed by atoms with E-state index in [0.29, 0.717) is 6.10 Å². The molecular weight excluding hydrogens is 210 g/mol. The van der Waals surface area contributed by atoms with E-state index in [1.165, 1.54) is 11.3 Å². The summed E-state index contributed by atoms with van der Waals surface area (Å²) in [6.45, 7) is 10.7. The first-order valence-electron chi connectivity index (χ1n) is 6.49. The second-order valence-corrected chi connectivity index (χ2v) is 5.33. The third-order valence-electron chi connectivity index (χ3n) is 4.11. The molecule has 2 atom stereocenters. The molecule has 3 rings (SSSR count). The number of rotatable bonds is 0. The minimum absolute atomic E-state index is 0.0490. The predicted molar refractivity (Wildman–Crippen MR) is 72.5 cm³/mol. The summed E-state index contributed by atoms with van der Waals surface area (Å²) in [4.78, 5) is 2.34. The van der Waals surface area contributed by atoms with E-state index in [2.05, 4.69) is 57.0 Å². The molecule has 0 amide bonds. The van der Waals surface area contributed by atoms with Crippen LogP contribution in [0.1, 0.15) is 40.2 Å². The highest BCUT2D eigenvalue weighted by Crippen LogP contribution is 2.58. The van der Waals surface area contributed by atoms with Gasteiger partial charge in [0.1, 0.15) is 11.7 Å². The standard InChI is InChI=1S/C13H17NO.C2H6/c1-12(2)11-13(3,15-11)9-7-5-6-8-10(9)14(12)4;1-2/h5-8,11H,1-4H3;1-2H3. The van der Waals surface area contributed by atoms with Crippen molar-refractivity contribution in [3.05, 3.63) is 29.8 Å². The highest BCUT2D eigenvalue weighted by Gasteiger charge is 2.65. The van der Waals surface area contributed by atoms with Gasteiger partial charge in [-0.05, 0) is 26.8 Å². The minimum atomic E-state index is -0.0490. The lowest BCUT2D eigenvalue weighted by molar-refractivity contribution is 0.286. The zero-order valence-electron chi connectivity index (χ0n) is 11.7. The molecule has 1 aromatic rings. The summed E-state index contributed by atoms with van der Waals surface area (Å²) < 4.78 is 5.94. The average Bonchev–Trinajstić information content (AvgIpc) is 3.05. The molecule has 1 fully saturated rings. The smallest absolute Gasteiger partial charge is 0.121 e.